The number of nitrogen functional groups attached to an aromatic ring is 1. The highest BCUT2D eigenvalue weighted by Gasteiger charge is 2.31. The van der Waals surface area contributed by atoms with Gasteiger partial charge in [-0.3, -0.25) is 0 Å². The van der Waals surface area contributed by atoms with Gasteiger partial charge in [0.1, 0.15) is 10.6 Å². The number of hydrogen-bond donors (Lipinski definition) is 1. The summed E-state index contributed by atoms with van der Waals surface area (Å²) in [5.74, 6) is 1.13. The van der Waals surface area contributed by atoms with Gasteiger partial charge in [0.05, 0.1) is 7.11 Å². The van der Waals surface area contributed by atoms with E-state index >= 15 is 0 Å². The quantitative estimate of drug-likeness (QED) is 0.858. The minimum Gasteiger partial charge on any atom is -0.495 e. The third-order valence-corrected chi connectivity index (χ3v) is 6.64. The van der Waals surface area contributed by atoms with Crippen molar-refractivity contribution in [3.63, 3.8) is 0 Å². The molecule has 1 atom stereocenters. The molecule has 7 heteroatoms. The molecule has 0 saturated carbocycles. The van der Waals surface area contributed by atoms with E-state index in [1.165, 1.54) is 13.2 Å². The molecule has 1 fully saturated rings. The molecule has 1 aromatic rings. The van der Waals surface area contributed by atoms with Crippen LogP contribution in [0.2, 0.25) is 0 Å². The largest absolute Gasteiger partial charge is 0.495 e. The highest BCUT2D eigenvalue weighted by atomic mass is 32.2. The minimum absolute atomic E-state index is 0.191. The monoisotopic (exact) mass is 316 g/mol. The molecule has 0 bridgehead atoms. The molecular formula is C13H20N2O3S2. The zero-order valence-corrected chi connectivity index (χ0v) is 13.3. The van der Waals surface area contributed by atoms with E-state index in [4.69, 9.17) is 10.5 Å². The highest BCUT2D eigenvalue weighted by Crippen LogP contribution is 2.31. The second kappa shape index (κ2) is 6.24. The first-order valence-corrected chi connectivity index (χ1v) is 9.03. The zero-order chi connectivity index (χ0) is 14.8. The van der Waals surface area contributed by atoms with Gasteiger partial charge in [0, 0.05) is 35.8 Å². The fourth-order valence-corrected chi connectivity index (χ4v) is 5.21. The molecular weight excluding hydrogens is 296 g/mol. The Morgan fingerprint density at radius 3 is 2.90 bits per heavy atom. The summed E-state index contributed by atoms with van der Waals surface area (Å²) in [6, 6.07) is 4.65. The molecule has 0 aromatic heterocycles. The maximum absolute atomic E-state index is 12.7. The van der Waals surface area contributed by atoms with Crippen molar-refractivity contribution >= 4 is 27.5 Å². The van der Waals surface area contributed by atoms with Crippen LogP contribution in [0.25, 0.3) is 0 Å². The number of sulfonamides is 1. The number of anilines is 1. The van der Waals surface area contributed by atoms with Crippen molar-refractivity contribution in [1.82, 2.24) is 4.31 Å². The number of benzene rings is 1. The van der Waals surface area contributed by atoms with Gasteiger partial charge in [0.15, 0.2) is 0 Å². The van der Waals surface area contributed by atoms with E-state index in [0.717, 1.165) is 12.2 Å². The van der Waals surface area contributed by atoms with Gasteiger partial charge in [-0.25, -0.2) is 8.42 Å². The van der Waals surface area contributed by atoms with E-state index in [1.807, 2.05) is 11.8 Å². The lowest BCUT2D eigenvalue weighted by molar-refractivity contribution is 0.390. The summed E-state index contributed by atoms with van der Waals surface area (Å²) < 4.78 is 32.2. The Bertz CT molecular complexity index is 575. The van der Waals surface area contributed by atoms with Crippen molar-refractivity contribution in [2.45, 2.75) is 23.5 Å². The summed E-state index contributed by atoms with van der Waals surface area (Å²) in [5.41, 5.74) is 6.16. The Kier molecular flexibility index (Phi) is 4.82. The number of rotatable bonds is 4. The van der Waals surface area contributed by atoms with Gasteiger partial charge in [0.25, 0.3) is 0 Å². The number of hydrogen-bond acceptors (Lipinski definition) is 5. The SMILES string of the molecule is CCC1CN(S(=O)(=O)c2ccc(N)cc2OC)CCS1. The van der Waals surface area contributed by atoms with Crippen molar-refractivity contribution in [3.05, 3.63) is 18.2 Å². The molecule has 1 saturated heterocycles. The minimum atomic E-state index is -3.53. The van der Waals surface area contributed by atoms with E-state index < -0.39 is 10.0 Å². The molecule has 0 aliphatic carbocycles. The van der Waals surface area contributed by atoms with Crippen LogP contribution in [0.4, 0.5) is 5.69 Å². The molecule has 5 nitrogen and oxygen atoms in total. The van der Waals surface area contributed by atoms with Gasteiger partial charge in [0.2, 0.25) is 10.0 Å². The van der Waals surface area contributed by atoms with Gasteiger partial charge < -0.3 is 10.5 Å². The van der Waals surface area contributed by atoms with Crippen molar-refractivity contribution in [1.29, 1.82) is 0 Å². The molecule has 2 rings (SSSR count). The van der Waals surface area contributed by atoms with E-state index in [2.05, 4.69) is 6.92 Å². The van der Waals surface area contributed by atoms with Crippen molar-refractivity contribution in [2.24, 2.45) is 0 Å². The third kappa shape index (κ3) is 3.05. The van der Waals surface area contributed by atoms with Crippen molar-refractivity contribution < 1.29 is 13.2 Å². The smallest absolute Gasteiger partial charge is 0.246 e. The summed E-state index contributed by atoms with van der Waals surface area (Å²) in [6.07, 6.45) is 0.968. The first-order valence-electron chi connectivity index (χ1n) is 6.54. The van der Waals surface area contributed by atoms with Crippen LogP contribution in [0.15, 0.2) is 23.1 Å². The number of ether oxygens (including phenoxy) is 1. The van der Waals surface area contributed by atoms with Gasteiger partial charge in [-0.05, 0) is 18.6 Å². The number of nitrogens with zero attached hydrogens (tertiary/aromatic N) is 1. The Morgan fingerprint density at radius 1 is 1.50 bits per heavy atom. The maximum Gasteiger partial charge on any atom is 0.246 e. The lowest BCUT2D eigenvalue weighted by atomic mass is 10.3. The Labute approximate surface area is 124 Å². The zero-order valence-electron chi connectivity index (χ0n) is 11.7. The summed E-state index contributed by atoms with van der Waals surface area (Å²) >= 11 is 1.83. The van der Waals surface area contributed by atoms with E-state index in [9.17, 15) is 8.42 Å². The first kappa shape index (κ1) is 15.5. The average molecular weight is 316 g/mol. The van der Waals surface area contributed by atoms with E-state index in [1.54, 1.807) is 16.4 Å². The van der Waals surface area contributed by atoms with E-state index in [0.29, 0.717) is 29.8 Å². The second-order valence-electron chi connectivity index (χ2n) is 4.67. The van der Waals surface area contributed by atoms with Gasteiger partial charge >= 0.3 is 0 Å². The lowest BCUT2D eigenvalue weighted by Gasteiger charge is -2.31. The molecule has 1 aromatic carbocycles. The number of nitrogens with two attached hydrogens (primary N) is 1. The predicted octanol–water partition coefficient (Wildman–Crippen LogP) is 1.79. The molecule has 0 amide bonds. The number of thioether (sulfide) groups is 1. The van der Waals surface area contributed by atoms with Crippen LogP contribution in [-0.4, -0.2) is 43.9 Å². The summed E-state index contributed by atoms with van der Waals surface area (Å²) in [6.45, 7) is 3.17. The first-order chi connectivity index (χ1) is 9.48. The maximum atomic E-state index is 12.7. The third-order valence-electron chi connectivity index (χ3n) is 3.36. The molecule has 1 heterocycles. The summed E-state index contributed by atoms with van der Waals surface area (Å²) in [4.78, 5) is 0.191. The van der Waals surface area contributed by atoms with Crippen LogP contribution in [0.5, 0.6) is 5.75 Å². The number of methoxy groups -OCH3 is 1. The second-order valence-corrected chi connectivity index (χ2v) is 7.99. The predicted molar refractivity (Wildman–Crippen MR) is 82.7 cm³/mol. The molecule has 1 aliphatic heterocycles. The Hall–Kier alpha value is -0.920. The molecule has 0 spiro atoms. The van der Waals surface area contributed by atoms with Crippen LogP contribution in [0, 0.1) is 0 Å². The molecule has 0 radical (unpaired) electrons. The van der Waals surface area contributed by atoms with Gasteiger partial charge in [-0.15, -0.1) is 0 Å². The van der Waals surface area contributed by atoms with Crippen molar-refractivity contribution in [2.75, 3.05) is 31.7 Å². The van der Waals surface area contributed by atoms with Crippen LogP contribution in [0.3, 0.4) is 0 Å². The van der Waals surface area contributed by atoms with Crippen LogP contribution < -0.4 is 10.5 Å². The summed E-state index contributed by atoms with van der Waals surface area (Å²) in [5, 5.41) is 0.360. The highest BCUT2D eigenvalue weighted by molar-refractivity contribution is 8.00. The molecule has 20 heavy (non-hydrogen) atoms. The van der Waals surface area contributed by atoms with Crippen molar-refractivity contribution in [3.8, 4) is 5.75 Å². The van der Waals surface area contributed by atoms with Crippen LogP contribution >= 0.6 is 11.8 Å². The Balaban J connectivity index is 2.35. The molecule has 1 unspecified atom stereocenters. The van der Waals surface area contributed by atoms with Crippen LogP contribution in [-0.2, 0) is 10.0 Å². The van der Waals surface area contributed by atoms with Crippen LogP contribution in [0.1, 0.15) is 13.3 Å². The average Bonchev–Trinajstić information content (AvgIpc) is 2.46. The molecule has 1 aliphatic rings. The van der Waals surface area contributed by atoms with Gasteiger partial charge in [-0.1, -0.05) is 6.92 Å². The fourth-order valence-electron chi connectivity index (χ4n) is 2.19. The standard InChI is InChI=1S/C13H20N2O3S2/c1-3-11-9-15(6-7-19-11)20(16,17)13-5-4-10(14)8-12(13)18-2/h4-5,8,11H,3,6-7,9,14H2,1-2H3. The normalized spacial score (nSPS) is 20.8. The molecule has 112 valence electrons. The lowest BCUT2D eigenvalue weighted by Crippen LogP contribution is -2.41. The summed E-state index contributed by atoms with van der Waals surface area (Å²) in [7, 11) is -2.07. The van der Waals surface area contributed by atoms with Gasteiger partial charge in [-0.2, -0.15) is 16.1 Å². The van der Waals surface area contributed by atoms with E-state index in [-0.39, 0.29) is 4.90 Å². The molecule has 2 N–H and O–H groups in total. The Morgan fingerprint density at radius 2 is 2.25 bits per heavy atom. The topological polar surface area (TPSA) is 72.6 Å². The fraction of sp³-hybridized carbons (Fsp3) is 0.538.